The Balaban J connectivity index is 2.58. The average Bonchev–Trinajstić information content (AvgIpc) is 2.35. The van der Waals surface area contributed by atoms with Crippen molar-refractivity contribution in [2.24, 2.45) is 0 Å². The van der Waals surface area contributed by atoms with E-state index in [4.69, 9.17) is 4.74 Å². The summed E-state index contributed by atoms with van der Waals surface area (Å²) in [6.07, 6.45) is 0. The van der Waals surface area contributed by atoms with Gasteiger partial charge < -0.3 is 4.74 Å². The fourth-order valence-corrected chi connectivity index (χ4v) is 1.94. The summed E-state index contributed by atoms with van der Waals surface area (Å²) in [4.78, 5) is 11.6. The molecular weight excluding hydrogens is 292 g/mol. The lowest BCUT2D eigenvalue weighted by Gasteiger charge is -2.12. The molecular formula is C15H13BrO2. The number of fused-ring (bicyclic) bond motifs is 1. The molecule has 2 aromatic rings. The number of hydrogen-bond acceptors (Lipinski definition) is 2. The first kappa shape index (κ1) is 12.8. The molecule has 0 bridgehead atoms. The number of carbonyl (C=O) groups is 1. The maximum absolute atomic E-state index is 11.6. The number of ketones is 1. The number of rotatable bonds is 4. The molecule has 2 rings (SSSR count). The minimum absolute atomic E-state index is 0.00376. The molecule has 0 fully saturated rings. The summed E-state index contributed by atoms with van der Waals surface area (Å²) in [5.41, 5.74) is 0.599. The van der Waals surface area contributed by atoms with E-state index in [-0.39, 0.29) is 5.78 Å². The SMILES string of the molecule is C=C(Br)COc1c(C(C)=O)ccc2ccccc12. The van der Waals surface area contributed by atoms with Crippen LogP contribution in [0.15, 0.2) is 47.5 Å². The van der Waals surface area contributed by atoms with E-state index < -0.39 is 0 Å². The van der Waals surface area contributed by atoms with Gasteiger partial charge in [-0.25, -0.2) is 0 Å². The molecule has 92 valence electrons. The van der Waals surface area contributed by atoms with Crippen molar-refractivity contribution in [2.45, 2.75) is 6.92 Å². The van der Waals surface area contributed by atoms with Crippen LogP contribution < -0.4 is 4.74 Å². The smallest absolute Gasteiger partial charge is 0.163 e. The van der Waals surface area contributed by atoms with Crippen molar-refractivity contribution in [3.05, 3.63) is 53.0 Å². The number of ether oxygens (including phenoxy) is 1. The van der Waals surface area contributed by atoms with Crippen LogP contribution in [0.3, 0.4) is 0 Å². The van der Waals surface area contributed by atoms with E-state index in [2.05, 4.69) is 22.5 Å². The molecule has 0 unspecified atom stereocenters. The minimum Gasteiger partial charge on any atom is -0.487 e. The Morgan fingerprint density at radius 1 is 1.28 bits per heavy atom. The first-order chi connectivity index (χ1) is 8.59. The second-order valence-corrected chi connectivity index (χ2v) is 5.15. The van der Waals surface area contributed by atoms with Gasteiger partial charge in [-0.1, -0.05) is 52.8 Å². The highest BCUT2D eigenvalue weighted by atomic mass is 79.9. The van der Waals surface area contributed by atoms with Gasteiger partial charge in [0, 0.05) is 9.87 Å². The molecule has 0 aliphatic heterocycles. The third-order valence-electron chi connectivity index (χ3n) is 2.63. The van der Waals surface area contributed by atoms with Crippen LogP contribution in [0.1, 0.15) is 17.3 Å². The van der Waals surface area contributed by atoms with E-state index in [0.717, 1.165) is 15.3 Å². The van der Waals surface area contributed by atoms with E-state index in [1.54, 1.807) is 13.0 Å². The van der Waals surface area contributed by atoms with Crippen molar-refractivity contribution in [3.63, 3.8) is 0 Å². The summed E-state index contributed by atoms with van der Waals surface area (Å²) in [5.74, 6) is 0.622. The third kappa shape index (κ3) is 2.62. The van der Waals surface area contributed by atoms with Crippen LogP contribution in [0.5, 0.6) is 5.75 Å². The van der Waals surface area contributed by atoms with Crippen LogP contribution in [-0.2, 0) is 0 Å². The van der Waals surface area contributed by atoms with Crippen molar-refractivity contribution >= 4 is 32.5 Å². The van der Waals surface area contributed by atoms with E-state index in [0.29, 0.717) is 17.9 Å². The van der Waals surface area contributed by atoms with Crippen molar-refractivity contribution in [1.82, 2.24) is 0 Å². The number of benzene rings is 2. The second kappa shape index (κ2) is 5.36. The maximum atomic E-state index is 11.6. The Morgan fingerprint density at radius 2 is 2.00 bits per heavy atom. The van der Waals surface area contributed by atoms with E-state index >= 15 is 0 Å². The maximum Gasteiger partial charge on any atom is 0.163 e. The highest BCUT2D eigenvalue weighted by Crippen LogP contribution is 2.30. The van der Waals surface area contributed by atoms with Gasteiger partial charge in [0.2, 0.25) is 0 Å². The Labute approximate surface area is 114 Å². The van der Waals surface area contributed by atoms with Crippen molar-refractivity contribution in [3.8, 4) is 5.75 Å². The van der Waals surface area contributed by atoms with Gasteiger partial charge in [0.25, 0.3) is 0 Å². The molecule has 0 heterocycles. The highest BCUT2D eigenvalue weighted by molar-refractivity contribution is 9.11. The lowest BCUT2D eigenvalue weighted by Crippen LogP contribution is -2.03. The molecule has 0 aromatic heterocycles. The van der Waals surface area contributed by atoms with Gasteiger partial charge >= 0.3 is 0 Å². The van der Waals surface area contributed by atoms with Crippen molar-refractivity contribution in [2.75, 3.05) is 6.61 Å². The molecule has 0 atom stereocenters. The molecule has 2 aromatic carbocycles. The van der Waals surface area contributed by atoms with Crippen molar-refractivity contribution in [1.29, 1.82) is 0 Å². The van der Waals surface area contributed by atoms with Crippen LogP contribution in [0.25, 0.3) is 10.8 Å². The minimum atomic E-state index is -0.00376. The predicted molar refractivity (Wildman–Crippen MR) is 77.5 cm³/mol. The van der Waals surface area contributed by atoms with Crippen LogP contribution in [0.2, 0.25) is 0 Å². The topological polar surface area (TPSA) is 26.3 Å². The van der Waals surface area contributed by atoms with Gasteiger partial charge in [-0.05, 0) is 18.4 Å². The summed E-state index contributed by atoms with van der Waals surface area (Å²) in [6.45, 7) is 5.61. The average molecular weight is 305 g/mol. The summed E-state index contributed by atoms with van der Waals surface area (Å²) in [7, 11) is 0. The Kier molecular flexibility index (Phi) is 3.82. The molecule has 0 radical (unpaired) electrons. The fraction of sp³-hybridized carbons (Fsp3) is 0.133. The Morgan fingerprint density at radius 3 is 2.67 bits per heavy atom. The van der Waals surface area contributed by atoms with Gasteiger partial charge in [0.05, 0.1) is 5.56 Å². The first-order valence-electron chi connectivity index (χ1n) is 5.58. The van der Waals surface area contributed by atoms with Crippen molar-refractivity contribution < 1.29 is 9.53 Å². The second-order valence-electron chi connectivity index (χ2n) is 4.03. The summed E-state index contributed by atoms with van der Waals surface area (Å²) in [5, 5.41) is 2.00. The molecule has 0 spiro atoms. The molecule has 18 heavy (non-hydrogen) atoms. The summed E-state index contributed by atoms with van der Waals surface area (Å²) >= 11 is 3.25. The largest absolute Gasteiger partial charge is 0.487 e. The van der Waals surface area contributed by atoms with E-state index in [1.807, 2.05) is 30.3 Å². The van der Waals surface area contributed by atoms with E-state index in [9.17, 15) is 4.79 Å². The quantitative estimate of drug-likeness (QED) is 0.786. The number of carbonyl (C=O) groups excluding carboxylic acids is 1. The molecule has 3 heteroatoms. The highest BCUT2D eigenvalue weighted by Gasteiger charge is 2.12. The Bertz CT molecular complexity index is 617. The third-order valence-corrected chi connectivity index (χ3v) is 2.86. The zero-order valence-electron chi connectivity index (χ0n) is 10.1. The fourth-order valence-electron chi connectivity index (χ4n) is 1.83. The standard InChI is InChI=1S/C15H13BrO2/c1-10(16)9-18-15-13(11(2)17)8-7-12-5-3-4-6-14(12)15/h3-8H,1,9H2,2H3. The van der Waals surface area contributed by atoms with Crippen LogP contribution in [0, 0.1) is 0 Å². The predicted octanol–water partition coefficient (Wildman–Crippen LogP) is 4.33. The summed E-state index contributed by atoms with van der Waals surface area (Å²) < 4.78 is 6.45. The van der Waals surface area contributed by atoms with Gasteiger partial charge in [0.1, 0.15) is 12.4 Å². The normalized spacial score (nSPS) is 10.3. The molecule has 0 aliphatic rings. The molecule has 0 aliphatic carbocycles. The number of halogens is 1. The van der Waals surface area contributed by atoms with Crippen LogP contribution in [0.4, 0.5) is 0 Å². The molecule has 2 nitrogen and oxygen atoms in total. The first-order valence-corrected chi connectivity index (χ1v) is 6.37. The van der Waals surface area contributed by atoms with Crippen LogP contribution in [-0.4, -0.2) is 12.4 Å². The summed E-state index contributed by atoms with van der Waals surface area (Å²) in [6, 6.07) is 11.6. The lowest BCUT2D eigenvalue weighted by atomic mass is 10.0. The zero-order valence-corrected chi connectivity index (χ0v) is 11.7. The van der Waals surface area contributed by atoms with Gasteiger partial charge in [-0.3, -0.25) is 4.79 Å². The molecule has 0 N–H and O–H groups in total. The monoisotopic (exact) mass is 304 g/mol. The lowest BCUT2D eigenvalue weighted by molar-refractivity contribution is 0.101. The molecule has 0 amide bonds. The Hall–Kier alpha value is -1.61. The van der Waals surface area contributed by atoms with E-state index in [1.165, 1.54) is 0 Å². The number of hydrogen-bond donors (Lipinski definition) is 0. The molecule has 0 saturated heterocycles. The van der Waals surface area contributed by atoms with Crippen LogP contribution >= 0.6 is 15.9 Å². The van der Waals surface area contributed by atoms with Gasteiger partial charge in [0.15, 0.2) is 5.78 Å². The number of Topliss-reactive ketones (excluding diaryl/α,β-unsaturated/α-hetero) is 1. The van der Waals surface area contributed by atoms with Gasteiger partial charge in [-0.15, -0.1) is 0 Å². The zero-order chi connectivity index (χ0) is 13.1. The van der Waals surface area contributed by atoms with Gasteiger partial charge in [-0.2, -0.15) is 0 Å². The molecule has 0 saturated carbocycles.